The van der Waals surface area contributed by atoms with Crippen LogP contribution < -0.4 is 5.32 Å². The van der Waals surface area contributed by atoms with Gasteiger partial charge in [0, 0.05) is 6.04 Å². The Morgan fingerprint density at radius 1 is 1.55 bits per heavy atom. The predicted octanol–water partition coefficient (Wildman–Crippen LogP) is 2.43. The zero-order valence-electron chi connectivity index (χ0n) is 7.72. The van der Waals surface area contributed by atoms with Gasteiger partial charge in [0.1, 0.15) is 0 Å². The van der Waals surface area contributed by atoms with Gasteiger partial charge in [-0.1, -0.05) is 20.3 Å². The zero-order valence-corrected chi connectivity index (χ0v) is 7.72. The van der Waals surface area contributed by atoms with Crippen molar-refractivity contribution in [1.82, 2.24) is 5.32 Å². The van der Waals surface area contributed by atoms with E-state index in [4.69, 9.17) is 5.11 Å². The van der Waals surface area contributed by atoms with Crippen LogP contribution in [-0.2, 0) is 0 Å². The van der Waals surface area contributed by atoms with Crippen LogP contribution in [0.25, 0.3) is 0 Å². The summed E-state index contributed by atoms with van der Waals surface area (Å²) in [6.07, 6.45) is 2.26. The van der Waals surface area contributed by atoms with Crippen molar-refractivity contribution in [1.29, 1.82) is 0 Å². The molecule has 0 saturated carbocycles. The van der Waals surface area contributed by atoms with Gasteiger partial charge in [0.25, 0.3) is 0 Å². The van der Waals surface area contributed by atoms with Gasteiger partial charge >= 0.3 is 0 Å². The molecule has 0 spiro atoms. The second-order valence-corrected chi connectivity index (χ2v) is 3.24. The van der Waals surface area contributed by atoms with Crippen LogP contribution in [0.5, 0.6) is 0 Å². The highest BCUT2D eigenvalue weighted by atomic mass is 16.3. The Morgan fingerprint density at radius 3 is 2.45 bits per heavy atom. The monoisotopic (exact) mass is 157 g/mol. The van der Waals surface area contributed by atoms with Crippen LogP contribution >= 0.6 is 0 Å². The Bertz CT molecular complexity index is 123. The molecular formula is C9H19NO. The van der Waals surface area contributed by atoms with Crippen molar-refractivity contribution in [3.63, 3.8) is 0 Å². The van der Waals surface area contributed by atoms with Gasteiger partial charge < -0.3 is 10.4 Å². The molecule has 1 unspecified atom stereocenters. The number of aliphatic hydroxyl groups is 1. The van der Waals surface area contributed by atoms with Gasteiger partial charge in [-0.25, -0.2) is 0 Å². The van der Waals surface area contributed by atoms with Crippen LogP contribution in [0.4, 0.5) is 0 Å². The minimum Gasteiger partial charge on any atom is -0.495 e. The minimum absolute atomic E-state index is 0.0702. The van der Waals surface area contributed by atoms with Gasteiger partial charge in [-0.3, -0.25) is 0 Å². The molecule has 0 aromatic heterocycles. The van der Waals surface area contributed by atoms with Gasteiger partial charge in [-0.15, -0.1) is 0 Å². The zero-order chi connectivity index (χ0) is 8.85. The SMILES string of the molecule is C=C(O)N[C@H](C)CC(C)CC. The van der Waals surface area contributed by atoms with Crippen LogP contribution in [-0.4, -0.2) is 11.1 Å². The summed E-state index contributed by atoms with van der Waals surface area (Å²) < 4.78 is 0. The quantitative estimate of drug-likeness (QED) is 0.601. The third-order valence-corrected chi connectivity index (χ3v) is 1.87. The van der Waals surface area contributed by atoms with Gasteiger partial charge in [-0.05, 0) is 25.8 Å². The fourth-order valence-corrected chi connectivity index (χ4v) is 1.11. The van der Waals surface area contributed by atoms with Crippen molar-refractivity contribution in [2.45, 2.75) is 39.7 Å². The minimum atomic E-state index is 0.0702. The van der Waals surface area contributed by atoms with E-state index >= 15 is 0 Å². The van der Waals surface area contributed by atoms with E-state index in [0.29, 0.717) is 12.0 Å². The average molecular weight is 157 g/mol. The van der Waals surface area contributed by atoms with Crippen molar-refractivity contribution in [3.8, 4) is 0 Å². The molecule has 0 rings (SSSR count). The summed E-state index contributed by atoms with van der Waals surface area (Å²) in [5, 5.41) is 11.7. The van der Waals surface area contributed by atoms with E-state index in [-0.39, 0.29) is 5.88 Å². The first kappa shape index (κ1) is 10.3. The lowest BCUT2D eigenvalue weighted by Gasteiger charge is -2.17. The molecule has 66 valence electrons. The van der Waals surface area contributed by atoms with E-state index in [9.17, 15) is 0 Å². The van der Waals surface area contributed by atoms with Crippen molar-refractivity contribution in [2.75, 3.05) is 0 Å². The van der Waals surface area contributed by atoms with Crippen LogP contribution in [0.15, 0.2) is 12.5 Å². The molecule has 2 N–H and O–H groups in total. The Balaban J connectivity index is 3.51. The van der Waals surface area contributed by atoms with Gasteiger partial charge in [0.05, 0.1) is 0 Å². The van der Waals surface area contributed by atoms with E-state index in [0.717, 1.165) is 6.42 Å². The topological polar surface area (TPSA) is 32.3 Å². The highest BCUT2D eigenvalue weighted by Crippen LogP contribution is 2.09. The van der Waals surface area contributed by atoms with Crippen molar-refractivity contribution in [3.05, 3.63) is 12.5 Å². The summed E-state index contributed by atoms with van der Waals surface area (Å²) in [5.41, 5.74) is 0. The molecular weight excluding hydrogens is 138 g/mol. The molecule has 2 heteroatoms. The summed E-state index contributed by atoms with van der Waals surface area (Å²) >= 11 is 0. The fraction of sp³-hybridized carbons (Fsp3) is 0.778. The maximum absolute atomic E-state index is 8.80. The number of rotatable bonds is 5. The summed E-state index contributed by atoms with van der Waals surface area (Å²) in [6, 6.07) is 0.322. The molecule has 0 saturated heterocycles. The molecule has 0 heterocycles. The molecule has 0 aliphatic carbocycles. The molecule has 0 amide bonds. The number of hydrogen-bond acceptors (Lipinski definition) is 2. The molecule has 2 atom stereocenters. The van der Waals surface area contributed by atoms with Crippen molar-refractivity contribution in [2.24, 2.45) is 5.92 Å². The Kier molecular flexibility index (Phi) is 4.75. The fourth-order valence-electron chi connectivity index (χ4n) is 1.11. The molecule has 0 aliphatic rings. The lowest BCUT2D eigenvalue weighted by Crippen LogP contribution is -2.26. The highest BCUT2D eigenvalue weighted by Gasteiger charge is 2.06. The second kappa shape index (κ2) is 5.05. The Morgan fingerprint density at radius 2 is 2.09 bits per heavy atom. The smallest absolute Gasteiger partial charge is 0.176 e. The van der Waals surface area contributed by atoms with E-state index in [1.54, 1.807) is 0 Å². The van der Waals surface area contributed by atoms with Crippen molar-refractivity contribution >= 4 is 0 Å². The van der Waals surface area contributed by atoms with E-state index < -0.39 is 0 Å². The summed E-state index contributed by atoms with van der Waals surface area (Å²) in [7, 11) is 0. The number of aliphatic hydroxyl groups excluding tert-OH is 1. The van der Waals surface area contributed by atoms with Crippen molar-refractivity contribution < 1.29 is 5.11 Å². The summed E-state index contributed by atoms with van der Waals surface area (Å²) in [5.74, 6) is 0.776. The normalized spacial score (nSPS) is 15.5. The van der Waals surface area contributed by atoms with E-state index in [2.05, 4.69) is 25.7 Å². The lowest BCUT2D eigenvalue weighted by atomic mass is 10.0. The lowest BCUT2D eigenvalue weighted by molar-refractivity contribution is 0.326. The van der Waals surface area contributed by atoms with E-state index in [1.807, 2.05) is 6.92 Å². The predicted molar refractivity (Wildman–Crippen MR) is 48.4 cm³/mol. The largest absolute Gasteiger partial charge is 0.495 e. The maximum Gasteiger partial charge on any atom is 0.176 e. The van der Waals surface area contributed by atoms with Gasteiger partial charge in [0.15, 0.2) is 5.88 Å². The number of nitrogens with one attached hydrogen (secondary N) is 1. The first-order valence-electron chi connectivity index (χ1n) is 4.20. The van der Waals surface area contributed by atoms with Crippen LogP contribution in [0.1, 0.15) is 33.6 Å². The molecule has 0 bridgehead atoms. The molecule has 0 aliphatic heterocycles. The Hall–Kier alpha value is -0.660. The number of hydrogen-bond donors (Lipinski definition) is 2. The average Bonchev–Trinajstić information content (AvgIpc) is 1.85. The maximum atomic E-state index is 8.80. The van der Waals surface area contributed by atoms with Gasteiger partial charge in [0.2, 0.25) is 0 Å². The van der Waals surface area contributed by atoms with Crippen LogP contribution in [0.3, 0.4) is 0 Å². The third-order valence-electron chi connectivity index (χ3n) is 1.87. The van der Waals surface area contributed by atoms with Gasteiger partial charge in [-0.2, -0.15) is 0 Å². The van der Waals surface area contributed by atoms with Crippen LogP contribution in [0, 0.1) is 5.92 Å². The standard InChI is InChI=1S/C9H19NO/c1-5-7(2)6-8(3)10-9(4)11/h7-8,10-11H,4-6H2,1-3H3/t7?,8-/m1/s1. The second-order valence-electron chi connectivity index (χ2n) is 3.24. The van der Waals surface area contributed by atoms with E-state index in [1.165, 1.54) is 6.42 Å². The summed E-state index contributed by atoms with van der Waals surface area (Å²) in [4.78, 5) is 0. The van der Waals surface area contributed by atoms with Crippen LogP contribution in [0.2, 0.25) is 0 Å². The summed E-state index contributed by atoms with van der Waals surface area (Å²) in [6.45, 7) is 9.80. The third kappa shape index (κ3) is 5.77. The first-order chi connectivity index (χ1) is 5.06. The molecule has 0 fully saturated rings. The highest BCUT2D eigenvalue weighted by molar-refractivity contribution is 4.79. The Labute approximate surface area is 69.3 Å². The molecule has 0 radical (unpaired) electrons. The molecule has 0 aromatic carbocycles. The molecule has 2 nitrogen and oxygen atoms in total. The molecule has 0 aromatic rings. The molecule has 11 heavy (non-hydrogen) atoms. The first-order valence-corrected chi connectivity index (χ1v) is 4.20.